The van der Waals surface area contributed by atoms with Gasteiger partial charge in [0.1, 0.15) is 0 Å². The minimum Gasteiger partial charge on any atom is -0.377 e. The molecule has 1 aromatic heterocycles. The zero-order chi connectivity index (χ0) is 17.1. The molecule has 0 aliphatic carbocycles. The molecule has 2 heterocycles. The molecule has 5 nitrogen and oxygen atoms in total. The average molecular weight is 327 g/mol. The zero-order valence-corrected chi connectivity index (χ0v) is 14.6. The summed E-state index contributed by atoms with van der Waals surface area (Å²) in [4.78, 5) is 14.8. The Balaban J connectivity index is 1.72. The van der Waals surface area contributed by atoms with Crippen molar-refractivity contribution >= 4 is 5.91 Å². The Hall–Kier alpha value is -2.14. The van der Waals surface area contributed by atoms with E-state index in [4.69, 9.17) is 4.74 Å². The number of ether oxygens (including phenoxy) is 1. The maximum absolute atomic E-state index is 12.8. The molecule has 5 heteroatoms. The van der Waals surface area contributed by atoms with Gasteiger partial charge in [-0.15, -0.1) is 0 Å². The molecular weight excluding hydrogens is 302 g/mol. The second kappa shape index (κ2) is 7.18. The second-order valence-electron chi connectivity index (χ2n) is 6.51. The SMILES string of the molecule is Cc1cccc(CCC(=O)N2CCOC[C@@H]2c2c(C)n[nH]c2C)c1. The number of hydrogen-bond acceptors (Lipinski definition) is 3. The number of nitrogens with one attached hydrogen (secondary N) is 1. The number of hydrogen-bond donors (Lipinski definition) is 1. The Morgan fingerprint density at radius 1 is 1.38 bits per heavy atom. The van der Waals surface area contributed by atoms with Gasteiger partial charge in [0.15, 0.2) is 0 Å². The topological polar surface area (TPSA) is 58.2 Å². The van der Waals surface area contributed by atoms with E-state index in [0.29, 0.717) is 26.2 Å². The Kier molecular flexibility index (Phi) is 5.00. The van der Waals surface area contributed by atoms with E-state index >= 15 is 0 Å². The molecule has 0 bridgehead atoms. The first-order valence-electron chi connectivity index (χ1n) is 8.50. The van der Waals surface area contributed by atoms with Gasteiger partial charge in [0, 0.05) is 24.2 Å². The number of carbonyl (C=O) groups is 1. The fourth-order valence-corrected chi connectivity index (χ4v) is 3.45. The molecule has 0 unspecified atom stereocenters. The van der Waals surface area contributed by atoms with Crippen molar-refractivity contribution in [3.63, 3.8) is 0 Å². The lowest BCUT2D eigenvalue weighted by Gasteiger charge is -2.36. The van der Waals surface area contributed by atoms with Crippen molar-refractivity contribution in [1.82, 2.24) is 15.1 Å². The third kappa shape index (κ3) is 3.51. The van der Waals surface area contributed by atoms with E-state index in [-0.39, 0.29) is 11.9 Å². The number of H-pyrrole nitrogens is 1. The zero-order valence-electron chi connectivity index (χ0n) is 14.6. The van der Waals surface area contributed by atoms with Crippen LogP contribution in [0.25, 0.3) is 0 Å². The Bertz CT molecular complexity index is 704. The molecule has 1 atom stereocenters. The van der Waals surface area contributed by atoms with Crippen molar-refractivity contribution in [3.8, 4) is 0 Å². The van der Waals surface area contributed by atoms with E-state index in [1.54, 1.807) is 0 Å². The van der Waals surface area contributed by atoms with Crippen LogP contribution in [0.4, 0.5) is 0 Å². The minimum atomic E-state index is -0.0393. The molecule has 1 aliphatic heterocycles. The molecule has 2 aromatic rings. The summed E-state index contributed by atoms with van der Waals surface area (Å²) in [5, 5.41) is 7.28. The van der Waals surface area contributed by atoms with Crippen molar-refractivity contribution in [2.24, 2.45) is 0 Å². The van der Waals surface area contributed by atoms with Crippen LogP contribution in [0.3, 0.4) is 0 Å². The van der Waals surface area contributed by atoms with Gasteiger partial charge in [-0.2, -0.15) is 5.10 Å². The average Bonchev–Trinajstić information content (AvgIpc) is 2.91. The van der Waals surface area contributed by atoms with Crippen LogP contribution in [-0.2, 0) is 16.0 Å². The maximum atomic E-state index is 12.8. The number of morpholine rings is 1. The first kappa shape index (κ1) is 16.7. The van der Waals surface area contributed by atoms with Crippen molar-refractivity contribution < 1.29 is 9.53 Å². The lowest BCUT2D eigenvalue weighted by atomic mass is 10.0. The summed E-state index contributed by atoms with van der Waals surface area (Å²) in [6, 6.07) is 8.32. The van der Waals surface area contributed by atoms with Crippen LogP contribution < -0.4 is 0 Å². The van der Waals surface area contributed by atoms with Gasteiger partial charge in [0.2, 0.25) is 5.91 Å². The molecule has 3 rings (SSSR count). The van der Waals surface area contributed by atoms with E-state index in [2.05, 4.69) is 35.3 Å². The summed E-state index contributed by atoms with van der Waals surface area (Å²) in [7, 11) is 0. The summed E-state index contributed by atoms with van der Waals surface area (Å²) in [6.45, 7) is 7.83. The maximum Gasteiger partial charge on any atom is 0.223 e. The van der Waals surface area contributed by atoms with E-state index in [0.717, 1.165) is 23.4 Å². The molecule has 1 fully saturated rings. The van der Waals surface area contributed by atoms with Crippen LogP contribution in [0.5, 0.6) is 0 Å². The highest BCUT2D eigenvalue weighted by atomic mass is 16.5. The standard InChI is InChI=1S/C19H25N3O2/c1-13-5-4-6-16(11-13)7-8-18(23)22-9-10-24-12-17(22)19-14(2)20-21-15(19)3/h4-6,11,17H,7-10,12H2,1-3H3,(H,20,21)/t17-/m1/s1. The molecule has 0 radical (unpaired) electrons. The van der Waals surface area contributed by atoms with Gasteiger partial charge in [-0.3, -0.25) is 9.89 Å². The molecule has 1 aliphatic rings. The van der Waals surface area contributed by atoms with Crippen LogP contribution >= 0.6 is 0 Å². The van der Waals surface area contributed by atoms with Gasteiger partial charge >= 0.3 is 0 Å². The second-order valence-corrected chi connectivity index (χ2v) is 6.51. The highest BCUT2D eigenvalue weighted by Crippen LogP contribution is 2.29. The quantitative estimate of drug-likeness (QED) is 0.939. The normalized spacial score (nSPS) is 18.0. The van der Waals surface area contributed by atoms with Gasteiger partial charge in [0.05, 0.1) is 24.9 Å². The number of amides is 1. The molecule has 0 spiro atoms. The predicted molar refractivity (Wildman–Crippen MR) is 92.8 cm³/mol. The van der Waals surface area contributed by atoms with Crippen LogP contribution in [-0.4, -0.2) is 40.8 Å². The molecular formula is C19H25N3O2. The molecule has 1 saturated heterocycles. The molecule has 1 amide bonds. The number of nitrogens with zero attached hydrogens (tertiary/aromatic N) is 2. The number of rotatable bonds is 4. The van der Waals surface area contributed by atoms with E-state index in [1.165, 1.54) is 11.1 Å². The van der Waals surface area contributed by atoms with Gasteiger partial charge < -0.3 is 9.64 Å². The first-order valence-corrected chi connectivity index (χ1v) is 8.50. The highest BCUT2D eigenvalue weighted by molar-refractivity contribution is 5.77. The van der Waals surface area contributed by atoms with Crippen LogP contribution in [0, 0.1) is 20.8 Å². The molecule has 1 N–H and O–H groups in total. The minimum absolute atomic E-state index is 0.0393. The molecule has 128 valence electrons. The summed E-state index contributed by atoms with van der Waals surface area (Å²) < 4.78 is 5.64. The number of carbonyl (C=O) groups excluding carboxylic acids is 1. The predicted octanol–water partition coefficient (Wildman–Crippen LogP) is 2.87. The van der Waals surface area contributed by atoms with Crippen molar-refractivity contribution in [1.29, 1.82) is 0 Å². The van der Waals surface area contributed by atoms with Gasteiger partial charge in [-0.05, 0) is 32.8 Å². The highest BCUT2D eigenvalue weighted by Gasteiger charge is 2.31. The summed E-state index contributed by atoms with van der Waals surface area (Å²) in [5.41, 5.74) is 5.50. The van der Waals surface area contributed by atoms with E-state index in [1.807, 2.05) is 24.8 Å². The lowest BCUT2D eigenvalue weighted by molar-refractivity contribution is -0.140. The van der Waals surface area contributed by atoms with Gasteiger partial charge in [0.25, 0.3) is 0 Å². The Morgan fingerprint density at radius 2 is 2.21 bits per heavy atom. The third-order valence-electron chi connectivity index (χ3n) is 4.68. The van der Waals surface area contributed by atoms with Crippen LogP contribution in [0.15, 0.2) is 24.3 Å². The summed E-state index contributed by atoms with van der Waals surface area (Å²) >= 11 is 0. The molecule has 24 heavy (non-hydrogen) atoms. The van der Waals surface area contributed by atoms with Gasteiger partial charge in [-0.25, -0.2) is 0 Å². The summed E-state index contributed by atoms with van der Waals surface area (Å²) in [6.07, 6.45) is 1.30. The van der Waals surface area contributed by atoms with Gasteiger partial charge in [-0.1, -0.05) is 29.8 Å². The van der Waals surface area contributed by atoms with Crippen LogP contribution in [0.1, 0.15) is 40.5 Å². The fourth-order valence-electron chi connectivity index (χ4n) is 3.45. The van der Waals surface area contributed by atoms with Crippen molar-refractivity contribution in [2.45, 2.75) is 39.7 Å². The van der Waals surface area contributed by atoms with E-state index < -0.39 is 0 Å². The third-order valence-corrected chi connectivity index (χ3v) is 4.68. The first-order chi connectivity index (χ1) is 11.6. The van der Waals surface area contributed by atoms with Crippen molar-refractivity contribution in [3.05, 3.63) is 52.3 Å². The number of benzene rings is 1. The molecule has 1 aromatic carbocycles. The smallest absolute Gasteiger partial charge is 0.223 e. The van der Waals surface area contributed by atoms with Crippen molar-refractivity contribution in [2.75, 3.05) is 19.8 Å². The molecule has 0 saturated carbocycles. The number of aromatic nitrogens is 2. The van der Waals surface area contributed by atoms with E-state index in [9.17, 15) is 4.79 Å². The fraction of sp³-hybridized carbons (Fsp3) is 0.474. The largest absolute Gasteiger partial charge is 0.377 e. The Labute approximate surface area is 143 Å². The Morgan fingerprint density at radius 3 is 2.92 bits per heavy atom. The number of aromatic amines is 1. The monoisotopic (exact) mass is 327 g/mol. The number of aryl methyl sites for hydroxylation is 4. The lowest BCUT2D eigenvalue weighted by Crippen LogP contribution is -2.43. The summed E-state index contributed by atoms with van der Waals surface area (Å²) in [5.74, 6) is 0.185. The van der Waals surface area contributed by atoms with Crippen LogP contribution in [0.2, 0.25) is 0 Å².